The molecular weight excluding hydrogens is 323 g/mol. The summed E-state index contributed by atoms with van der Waals surface area (Å²) in [5.41, 5.74) is 0. The van der Waals surface area contributed by atoms with Crippen LogP contribution in [0.4, 0.5) is 0 Å². The van der Waals surface area contributed by atoms with Gasteiger partial charge in [-0.1, -0.05) is 69.2 Å². The van der Waals surface area contributed by atoms with E-state index in [2.05, 4.69) is 60.7 Å². The summed E-state index contributed by atoms with van der Waals surface area (Å²) < 4.78 is 10.4. The number of aliphatic hydroxyl groups excluding tert-OH is 1. The molecule has 0 saturated carbocycles. The summed E-state index contributed by atoms with van der Waals surface area (Å²) in [4.78, 5) is 0. The molecule has 0 bridgehead atoms. The molecule has 0 aromatic heterocycles. The molecular formula is C18H27O3PSi. The number of rotatable bonds is 7. The molecule has 5 heteroatoms. The normalized spacial score (nSPS) is 10.8. The van der Waals surface area contributed by atoms with Gasteiger partial charge in [0, 0.05) is 20.8 Å². The minimum absolute atomic E-state index is 0.218. The molecule has 2 aromatic rings. The van der Waals surface area contributed by atoms with Crippen molar-refractivity contribution in [3.05, 3.63) is 60.7 Å². The fraction of sp³-hybridized carbons (Fsp3) is 0.333. The second-order valence-electron chi connectivity index (χ2n) is 5.23. The average Bonchev–Trinajstić information content (AvgIpc) is 2.62. The summed E-state index contributed by atoms with van der Waals surface area (Å²) in [7, 11) is 2.22. The maximum atomic E-state index is 8.53. The summed E-state index contributed by atoms with van der Waals surface area (Å²) in [6.45, 7) is 2.21. The first-order valence-electron chi connectivity index (χ1n) is 7.72. The van der Waals surface area contributed by atoms with Crippen LogP contribution in [0.1, 0.15) is 6.42 Å². The molecule has 0 aliphatic heterocycles. The molecule has 0 saturated heterocycles. The highest BCUT2D eigenvalue weighted by Crippen LogP contribution is 2.12. The van der Waals surface area contributed by atoms with Crippen LogP contribution in [0.15, 0.2) is 60.7 Å². The zero-order valence-electron chi connectivity index (χ0n) is 14.2. The third-order valence-corrected chi connectivity index (χ3v) is 7.72. The van der Waals surface area contributed by atoms with Crippen molar-refractivity contribution in [1.29, 1.82) is 0 Å². The van der Waals surface area contributed by atoms with Crippen molar-refractivity contribution < 1.29 is 14.0 Å². The first-order valence-corrected chi connectivity index (χ1v) is 11.2. The number of benzene rings is 2. The van der Waals surface area contributed by atoms with Crippen LogP contribution in [0.25, 0.3) is 0 Å². The van der Waals surface area contributed by atoms with E-state index in [4.69, 9.17) is 14.0 Å². The van der Waals surface area contributed by atoms with E-state index in [1.165, 1.54) is 10.6 Å². The fourth-order valence-electron chi connectivity index (χ4n) is 1.90. The van der Waals surface area contributed by atoms with E-state index in [9.17, 15) is 0 Å². The molecule has 0 radical (unpaired) electrons. The Morgan fingerprint density at radius 3 is 1.65 bits per heavy atom. The van der Waals surface area contributed by atoms with Crippen LogP contribution in [-0.4, -0.2) is 34.5 Å². The van der Waals surface area contributed by atoms with Gasteiger partial charge in [-0.25, -0.2) is 0 Å². The number of aliphatic hydroxyl groups is 1. The third kappa shape index (κ3) is 8.40. The van der Waals surface area contributed by atoms with Gasteiger partial charge in [-0.3, -0.25) is 0 Å². The van der Waals surface area contributed by atoms with Crippen LogP contribution >= 0.6 is 8.58 Å². The van der Waals surface area contributed by atoms with Gasteiger partial charge in [0.15, 0.2) is 0 Å². The highest BCUT2D eigenvalue weighted by molar-refractivity contribution is 7.55. The summed E-state index contributed by atoms with van der Waals surface area (Å²) in [6, 6.07) is 22.0. The highest BCUT2D eigenvalue weighted by atomic mass is 31.1. The molecule has 126 valence electrons. The second-order valence-corrected chi connectivity index (χ2v) is 10.2. The van der Waals surface area contributed by atoms with Gasteiger partial charge in [-0.2, -0.15) is 0 Å². The lowest BCUT2D eigenvalue weighted by molar-refractivity contribution is 0.238. The molecule has 0 aliphatic rings. The lowest BCUT2D eigenvalue weighted by Crippen LogP contribution is -2.35. The van der Waals surface area contributed by atoms with Crippen molar-refractivity contribution in [1.82, 2.24) is 0 Å². The molecule has 0 spiro atoms. The molecule has 0 heterocycles. The lowest BCUT2D eigenvalue weighted by atomic mass is 10.4. The van der Waals surface area contributed by atoms with E-state index in [1.54, 1.807) is 14.2 Å². The van der Waals surface area contributed by atoms with Gasteiger partial charge in [0.05, 0.1) is 0 Å². The molecule has 2 aromatic carbocycles. The Balaban J connectivity index is 0.000000241. The first-order chi connectivity index (χ1) is 11.1. The Hall–Kier alpha value is -1.03. The van der Waals surface area contributed by atoms with Crippen LogP contribution in [0.2, 0.25) is 12.6 Å². The van der Waals surface area contributed by atoms with E-state index in [0.717, 1.165) is 21.0 Å². The third-order valence-electron chi connectivity index (χ3n) is 3.49. The Morgan fingerprint density at radius 1 is 0.870 bits per heavy atom. The summed E-state index contributed by atoms with van der Waals surface area (Å²) in [5.74, 6) is 0. The van der Waals surface area contributed by atoms with Crippen LogP contribution < -0.4 is 10.6 Å². The van der Waals surface area contributed by atoms with Gasteiger partial charge >= 0.3 is 8.56 Å². The lowest BCUT2D eigenvalue weighted by Gasteiger charge is -2.21. The molecule has 0 aliphatic carbocycles. The maximum Gasteiger partial charge on any atom is 0.334 e. The Morgan fingerprint density at radius 2 is 1.30 bits per heavy atom. The van der Waals surface area contributed by atoms with Crippen molar-refractivity contribution in [3.8, 4) is 0 Å². The maximum absolute atomic E-state index is 8.53. The van der Waals surface area contributed by atoms with Crippen molar-refractivity contribution >= 4 is 27.8 Å². The topological polar surface area (TPSA) is 38.7 Å². The van der Waals surface area contributed by atoms with Gasteiger partial charge in [-0.05, 0) is 29.6 Å². The van der Waals surface area contributed by atoms with Gasteiger partial charge in [0.2, 0.25) is 0 Å². The fourth-order valence-corrected chi connectivity index (χ4v) is 4.32. The molecule has 0 amide bonds. The zero-order chi connectivity index (χ0) is 17.0. The highest BCUT2D eigenvalue weighted by Gasteiger charge is 2.27. The molecule has 0 fully saturated rings. The van der Waals surface area contributed by atoms with Crippen molar-refractivity contribution in [3.63, 3.8) is 0 Å². The Bertz CT molecular complexity index is 481. The van der Waals surface area contributed by atoms with Crippen LogP contribution in [0.3, 0.4) is 0 Å². The van der Waals surface area contributed by atoms with Crippen LogP contribution in [0, 0.1) is 0 Å². The second kappa shape index (κ2) is 11.5. The summed E-state index contributed by atoms with van der Waals surface area (Å²) >= 11 is 0. The predicted molar refractivity (Wildman–Crippen MR) is 103 cm³/mol. The Labute approximate surface area is 142 Å². The van der Waals surface area contributed by atoms with Gasteiger partial charge < -0.3 is 14.0 Å². The van der Waals surface area contributed by atoms with Crippen molar-refractivity contribution in [2.45, 2.75) is 19.0 Å². The quantitative estimate of drug-likeness (QED) is 0.616. The average molecular weight is 350 g/mol. The van der Waals surface area contributed by atoms with Crippen LogP contribution in [0.5, 0.6) is 0 Å². The van der Waals surface area contributed by atoms with Gasteiger partial charge in [-0.15, -0.1) is 0 Å². The van der Waals surface area contributed by atoms with E-state index in [0.29, 0.717) is 0 Å². The molecule has 1 N–H and O–H groups in total. The SMILES string of the molecule is CO[Si](C)(CCCO)OC.c1ccc(Pc2ccccc2)cc1. The number of hydrogen-bond donors (Lipinski definition) is 1. The first kappa shape index (κ1) is 20.0. The van der Waals surface area contributed by atoms with Crippen molar-refractivity contribution in [2.24, 2.45) is 0 Å². The van der Waals surface area contributed by atoms with Gasteiger partial charge in [0.1, 0.15) is 0 Å². The standard InChI is InChI=1S/C12H11P.C6H16O3Si/c1-3-7-11(8-4-1)13-12-9-5-2-6-10-12;1-8-10(3,9-2)6-4-5-7/h1-10,13H;7H,4-6H2,1-3H3. The van der Waals surface area contributed by atoms with E-state index >= 15 is 0 Å². The zero-order valence-corrected chi connectivity index (χ0v) is 16.2. The molecule has 23 heavy (non-hydrogen) atoms. The monoisotopic (exact) mass is 350 g/mol. The van der Waals surface area contributed by atoms with Crippen LogP contribution in [-0.2, 0) is 8.85 Å². The van der Waals surface area contributed by atoms with E-state index < -0.39 is 8.56 Å². The minimum atomic E-state index is -1.88. The minimum Gasteiger partial charge on any atom is -0.398 e. The molecule has 0 atom stereocenters. The molecule has 0 unspecified atom stereocenters. The largest absolute Gasteiger partial charge is 0.398 e. The smallest absolute Gasteiger partial charge is 0.334 e. The van der Waals surface area contributed by atoms with Crippen molar-refractivity contribution in [2.75, 3.05) is 20.8 Å². The van der Waals surface area contributed by atoms with E-state index in [1.807, 2.05) is 6.55 Å². The van der Waals surface area contributed by atoms with E-state index in [-0.39, 0.29) is 6.61 Å². The summed E-state index contributed by atoms with van der Waals surface area (Å²) in [6.07, 6.45) is 0.768. The van der Waals surface area contributed by atoms with Gasteiger partial charge in [0.25, 0.3) is 0 Å². The Kier molecular flexibility index (Phi) is 10.0. The number of hydrogen-bond acceptors (Lipinski definition) is 3. The molecule has 3 nitrogen and oxygen atoms in total. The molecule has 2 rings (SSSR count). The summed E-state index contributed by atoms with van der Waals surface area (Å²) in [5, 5.41) is 11.3. The predicted octanol–water partition coefficient (Wildman–Crippen LogP) is 3.05.